The zero-order valence-corrected chi connectivity index (χ0v) is 17.1. The molecule has 27 heavy (non-hydrogen) atoms. The van der Waals surface area contributed by atoms with Gasteiger partial charge in [0, 0.05) is 57.5 Å². The number of halogens is 1. The monoisotopic (exact) mass is 483 g/mol. The van der Waals surface area contributed by atoms with Crippen LogP contribution in [0, 0.1) is 0 Å². The maximum absolute atomic E-state index is 11.8. The van der Waals surface area contributed by atoms with Crippen LogP contribution in [-0.2, 0) is 0 Å². The van der Waals surface area contributed by atoms with Crippen LogP contribution in [0.1, 0.15) is 10.5 Å². The van der Waals surface area contributed by atoms with E-state index < -0.39 is 0 Å². The van der Waals surface area contributed by atoms with Crippen molar-refractivity contribution in [1.29, 1.82) is 0 Å². The second-order valence-electron chi connectivity index (χ2n) is 5.61. The molecule has 0 atom stereocenters. The van der Waals surface area contributed by atoms with Crippen molar-refractivity contribution in [3.63, 3.8) is 0 Å². The number of aliphatic imine (C=N–C) groups is 1. The van der Waals surface area contributed by atoms with E-state index in [0.717, 1.165) is 32.1 Å². The van der Waals surface area contributed by atoms with Gasteiger partial charge in [0.05, 0.1) is 12.7 Å². The van der Waals surface area contributed by atoms with Gasteiger partial charge in [-0.15, -0.1) is 24.0 Å². The molecule has 2 aromatic rings. The summed E-state index contributed by atoms with van der Waals surface area (Å²) in [5, 5.41) is 2.74. The zero-order valence-electron chi connectivity index (χ0n) is 14.7. The SMILES string of the molecule is I.NC(=NCCNC(=O)c1cnccn1)N1CCN(c2ncccn2)CC1. The van der Waals surface area contributed by atoms with Crippen LogP contribution in [-0.4, -0.2) is 76.0 Å². The number of anilines is 1. The molecule has 0 bridgehead atoms. The smallest absolute Gasteiger partial charge is 0.271 e. The molecule has 10 nitrogen and oxygen atoms in total. The summed E-state index contributed by atoms with van der Waals surface area (Å²) in [6, 6.07) is 1.80. The molecular formula is C16H22IN9O. The fourth-order valence-corrected chi connectivity index (χ4v) is 2.54. The van der Waals surface area contributed by atoms with Crippen molar-refractivity contribution >= 4 is 41.8 Å². The van der Waals surface area contributed by atoms with Crippen molar-refractivity contribution < 1.29 is 4.79 Å². The molecule has 3 rings (SSSR count). The van der Waals surface area contributed by atoms with Crippen molar-refractivity contribution in [2.75, 3.05) is 44.2 Å². The lowest BCUT2D eigenvalue weighted by molar-refractivity contribution is 0.0949. The molecule has 144 valence electrons. The highest BCUT2D eigenvalue weighted by atomic mass is 127. The Morgan fingerprint density at radius 1 is 1.11 bits per heavy atom. The van der Waals surface area contributed by atoms with Gasteiger partial charge >= 0.3 is 0 Å². The lowest BCUT2D eigenvalue weighted by Crippen LogP contribution is -2.51. The number of nitrogens with two attached hydrogens (primary N) is 1. The normalized spacial score (nSPS) is 14.4. The minimum absolute atomic E-state index is 0. The highest BCUT2D eigenvalue weighted by molar-refractivity contribution is 14.0. The first kappa shape index (κ1) is 20.7. The highest BCUT2D eigenvalue weighted by Crippen LogP contribution is 2.09. The number of hydrogen-bond acceptors (Lipinski definition) is 7. The molecule has 0 aliphatic carbocycles. The Balaban J connectivity index is 0.00000261. The third-order valence-corrected chi connectivity index (χ3v) is 3.91. The summed E-state index contributed by atoms with van der Waals surface area (Å²) in [6.07, 6.45) is 7.89. The van der Waals surface area contributed by atoms with E-state index in [1.165, 1.54) is 18.6 Å². The fraction of sp³-hybridized carbons (Fsp3) is 0.375. The number of rotatable bonds is 5. The van der Waals surface area contributed by atoms with Gasteiger partial charge < -0.3 is 20.9 Å². The van der Waals surface area contributed by atoms with E-state index in [2.05, 4.69) is 35.1 Å². The average Bonchev–Trinajstić information content (AvgIpc) is 2.72. The largest absolute Gasteiger partial charge is 0.370 e. The number of aromatic nitrogens is 4. The van der Waals surface area contributed by atoms with Gasteiger partial charge in [0.2, 0.25) is 5.95 Å². The topological polar surface area (TPSA) is 126 Å². The summed E-state index contributed by atoms with van der Waals surface area (Å²) >= 11 is 0. The molecule has 1 fully saturated rings. The number of carbonyl (C=O) groups is 1. The summed E-state index contributed by atoms with van der Waals surface area (Å²) in [5.74, 6) is 0.935. The quantitative estimate of drug-likeness (QED) is 0.258. The first-order valence-corrected chi connectivity index (χ1v) is 8.35. The Labute approximate surface area is 174 Å². The predicted octanol–water partition coefficient (Wildman–Crippen LogP) is -0.249. The van der Waals surface area contributed by atoms with E-state index in [0.29, 0.717) is 19.0 Å². The number of piperazine rings is 1. The summed E-state index contributed by atoms with van der Waals surface area (Å²) in [4.78, 5) is 36.6. The molecule has 3 heterocycles. The van der Waals surface area contributed by atoms with E-state index in [1.807, 2.05) is 4.90 Å². The van der Waals surface area contributed by atoms with Gasteiger partial charge in [-0.3, -0.25) is 14.8 Å². The standard InChI is InChI=1S/C16H21N9O.HI/c17-15(21-7-6-20-14(26)13-12-18-4-5-19-13)24-8-10-25(11-9-24)16-22-2-1-3-23-16;/h1-5,12H,6-11H2,(H2,17,21)(H,20,26);1H. The van der Waals surface area contributed by atoms with Crippen molar-refractivity contribution in [2.24, 2.45) is 10.7 Å². The second kappa shape index (κ2) is 10.5. The minimum Gasteiger partial charge on any atom is -0.370 e. The second-order valence-corrected chi connectivity index (χ2v) is 5.61. The first-order chi connectivity index (χ1) is 12.7. The Kier molecular flexibility index (Phi) is 8.10. The van der Waals surface area contributed by atoms with Crippen LogP contribution in [0.25, 0.3) is 0 Å². The van der Waals surface area contributed by atoms with Gasteiger partial charge in [0.15, 0.2) is 5.96 Å². The number of nitrogens with zero attached hydrogens (tertiary/aromatic N) is 7. The van der Waals surface area contributed by atoms with Gasteiger partial charge in [-0.1, -0.05) is 0 Å². The maximum atomic E-state index is 11.8. The van der Waals surface area contributed by atoms with Crippen LogP contribution in [0.2, 0.25) is 0 Å². The highest BCUT2D eigenvalue weighted by Gasteiger charge is 2.19. The van der Waals surface area contributed by atoms with E-state index in [4.69, 9.17) is 5.73 Å². The molecule has 0 spiro atoms. The fourth-order valence-electron chi connectivity index (χ4n) is 2.54. The number of guanidine groups is 1. The van der Waals surface area contributed by atoms with Gasteiger partial charge in [-0.05, 0) is 6.07 Å². The Morgan fingerprint density at radius 2 is 1.85 bits per heavy atom. The van der Waals surface area contributed by atoms with Crippen LogP contribution in [0.5, 0.6) is 0 Å². The zero-order chi connectivity index (χ0) is 18.2. The molecule has 1 amide bonds. The van der Waals surface area contributed by atoms with Crippen LogP contribution >= 0.6 is 24.0 Å². The summed E-state index contributed by atoms with van der Waals surface area (Å²) in [6.45, 7) is 3.85. The lowest BCUT2D eigenvalue weighted by Gasteiger charge is -2.35. The molecule has 0 radical (unpaired) electrons. The molecule has 1 aliphatic rings. The van der Waals surface area contributed by atoms with E-state index in [9.17, 15) is 4.79 Å². The van der Waals surface area contributed by atoms with E-state index in [1.54, 1.807) is 18.5 Å². The van der Waals surface area contributed by atoms with Crippen LogP contribution in [0.15, 0.2) is 42.0 Å². The molecular weight excluding hydrogens is 461 g/mol. The molecule has 2 aromatic heterocycles. The third kappa shape index (κ3) is 5.98. The van der Waals surface area contributed by atoms with Crippen molar-refractivity contribution in [3.8, 4) is 0 Å². The predicted molar refractivity (Wildman–Crippen MR) is 112 cm³/mol. The number of nitrogens with one attached hydrogen (secondary N) is 1. The molecule has 0 saturated carbocycles. The van der Waals surface area contributed by atoms with E-state index in [-0.39, 0.29) is 35.6 Å². The molecule has 1 aliphatic heterocycles. The first-order valence-electron chi connectivity index (χ1n) is 8.35. The molecule has 11 heteroatoms. The van der Waals surface area contributed by atoms with Gasteiger partial charge in [0.1, 0.15) is 5.69 Å². The Hall–Kier alpha value is -2.57. The summed E-state index contributed by atoms with van der Waals surface area (Å²) in [5.41, 5.74) is 6.33. The van der Waals surface area contributed by atoms with Gasteiger partial charge in [-0.2, -0.15) is 0 Å². The van der Waals surface area contributed by atoms with Gasteiger partial charge in [0.25, 0.3) is 5.91 Å². The Bertz CT molecular complexity index is 736. The van der Waals surface area contributed by atoms with Crippen LogP contribution < -0.4 is 16.0 Å². The third-order valence-electron chi connectivity index (χ3n) is 3.91. The number of hydrogen-bond donors (Lipinski definition) is 2. The van der Waals surface area contributed by atoms with E-state index >= 15 is 0 Å². The van der Waals surface area contributed by atoms with Crippen molar-refractivity contribution in [1.82, 2.24) is 30.2 Å². The lowest BCUT2D eigenvalue weighted by atomic mass is 10.3. The molecule has 3 N–H and O–H groups in total. The minimum atomic E-state index is -0.275. The number of carbonyl (C=O) groups excluding carboxylic acids is 1. The Morgan fingerprint density at radius 3 is 2.52 bits per heavy atom. The average molecular weight is 483 g/mol. The molecule has 1 saturated heterocycles. The van der Waals surface area contributed by atoms with Gasteiger partial charge in [-0.25, -0.2) is 15.0 Å². The number of amides is 1. The maximum Gasteiger partial charge on any atom is 0.271 e. The molecule has 0 unspecified atom stereocenters. The summed E-state index contributed by atoms with van der Waals surface area (Å²) < 4.78 is 0. The molecule has 0 aromatic carbocycles. The van der Waals surface area contributed by atoms with Crippen LogP contribution in [0.3, 0.4) is 0 Å². The van der Waals surface area contributed by atoms with Crippen LogP contribution in [0.4, 0.5) is 5.95 Å². The van der Waals surface area contributed by atoms with Crippen molar-refractivity contribution in [3.05, 3.63) is 42.7 Å². The van der Waals surface area contributed by atoms with Crippen molar-refractivity contribution in [2.45, 2.75) is 0 Å². The summed E-state index contributed by atoms with van der Waals surface area (Å²) in [7, 11) is 0.